The van der Waals surface area contributed by atoms with Crippen molar-refractivity contribution in [2.75, 3.05) is 4.90 Å². The fourth-order valence-corrected chi connectivity index (χ4v) is 9.25. The molecule has 3 aromatic heterocycles. The molecular formula is C55H37N5. The lowest BCUT2D eigenvalue weighted by Gasteiger charge is -2.25. The third-order valence-electron chi connectivity index (χ3n) is 11.8. The minimum atomic E-state index is 0.923. The van der Waals surface area contributed by atoms with Crippen molar-refractivity contribution in [1.29, 1.82) is 0 Å². The summed E-state index contributed by atoms with van der Waals surface area (Å²) in [5.74, 6) is 0.923. The van der Waals surface area contributed by atoms with Gasteiger partial charge in [0.2, 0.25) is 0 Å². The van der Waals surface area contributed by atoms with Gasteiger partial charge in [-0.3, -0.25) is 4.57 Å². The molecule has 0 amide bonds. The van der Waals surface area contributed by atoms with Crippen molar-refractivity contribution < 1.29 is 0 Å². The topological polar surface area (TPSA) is 30.9 Å². The van der Waals surface area contributed by atoms with Gasteiger partial charge < -0.3 is 14.0 Å². The van der Waals surface area contributed by atoms with Crippen molar-refractivity contribution in [1.82, 2.24) is 18.7 Å². The van der Waals surface area contributed by atoms with E-state index in [1.54, 1.807) is 0 Å². The van der Waals surface area contributed by atoms with Crippen LogP contribution in [0.4, 0.5) is 17.1 Å². The van der Waals surface area contributed by atoms with Crippen molar-refractivity contribution in [2.24, 2.45) is 0 Å². The van der Waals surface area contributed by atoms with Gasteiger partial charge in [0, 0.05) is 61.2 Å². The Morgan fingerprint density at radius 3 is 1.33 bits per heavy atom. The van der Waals surface area contributed by atoms with Gasteiger partial charge in [-0.15, -0.1) is 0 Å². The van der Waals surface area contributed by atoms with E-state index in [1.165, 1.54) is 32.6 Å². The van der Waals surface area contributed by atoms with Gasteiger partial charge in [0.15, 0.2) is 0 Å². The smallest absolute Gasteiger partial charge is 0.145 e. The van der Waals surface area contributed by atoms with Crippen LogP contribution in [0, 0.1) is 0 Å². The zero-order valence-corrected chi connectivity index (χ0v) is 32.6. The molecule has 0 saturated heterocycles. The highest BCUT2D eigenvalue weighted by atomic mass is 15.1. The fraction of sp³-hybridized carbons (Fsp3) is 0. The van der Waals surface area contributed by atoms with Gasteiger partial charge in [-0.05, 0) is 103 Å². The Bertz CT molecular complexity index is 3470. The number of fused-ring (bicyclic) bond motifs is 8. The summed E-state index contributed by atoms with van der Waals surface area (Å²) in [6.45, 7) is 0. The number of para-hydroxylation sites is 5. The Morgan fingerprint density at radius 1 is 0.317 bits per heavy atom. The molecule has 0 N–H and O–H groups in total. The summed E-state index contributed by atoms with van der Waals surface area (Å²) in [5, 5.41) is 4.94. The number of nitrogens with zero attached hydrogens (tertiary/aromatic N) is 5. The molecule has 12 rings (SSSR count). The molecule has 12 aromatic rings. The summed E-state index contributed by atoms with van der Waals surface area (Å²) in [6.07, 6.45) is 0. The van der Waals surface area contributed by atoms with E-state index in [1.807, 2.05) is 0 Å². The molecule has 5 heteroatoms. The molecule has 9 aromatic carbocycles. The molecule has 0 saturated carbocycles. The third-order valence-corrected chi connectivity index (χ3v) is 11.8. The largest absolute Gasteiger partial charge is 0.311 e. The summed E-state index contributed by atoms with van der Waals surface area (Å²) >= 11 is 0. The second-order valence-corrected chi connectivity index (χ2v) is 15.2. The zero-order chi connectivity index (χ0) is 39.6. The Kier molecular flexibility index (Phi) is 7.78. The van der Waals surface area contributed by atoms with E-state index in [-0.39, 0.29) is 0 Å². The standard InChI is InChI=1S/C55H37N5/c1-5-17-38(18-6-1)55-56-47-37-44(33-34-50(47)60(55)41-23-11-4-12-24-41)59-49-28-16-14-26-46(49)54-52(59)36-35-51-53(54)45-25-13-15-27-48(45)58(51)43-31-29-42(30-32-43)57(39-19-7-2-8-20-39)40-21-9-3-10-22-40/h1-37H. The lowest BCUT2D eigenvalue weighted by atomic mass is 10.1. The molecule has 0 unspecified atom stereocenters. The van der Waals surface area contributed by atoms with Gasteiger partial charge in [0.05, 0.1) is 33.1 Å². The molecule has 0 atom stereocenters. The number of hydrogen-bond acceptors (Lipinski definition) is 2. The van der Waals surface area contributed by atoms with E-state index in [9.17, 15) is 0 Å². The molecule has 0 aliphatic heterocycles. The highest BCUT2D eigenvalue weighted by molar-refractivity contribution is 6.29. The number of benzene rings is 9. The lowest BCUT2D eigenvalue weighted by molar-refractivity contribution is 1.10. The zero-order valence-electron chi connectivity index (χ0n) is 32.6. The van der Waals surface area contributed by atoms with E-state index in [0.717, 1.165) is 67.6 Å². The first-order valence-electron chi connectivity index (χ1n) is 20.4. The van der Waals surface area contributed by atoms with E-state index in [0.29, 0.717) is 0 Å². The van der Waals surface area contributed by atoms with Crippen LogP contribution in [-0.2, 0) is 0 Å². The van der Waals surface area contributed by atoms with Gasteiger partial charge in [0.25, 0.3) is 0 Å². The number of hydrogen-bond donors (Lipinski definition) is 0. The van der Waals surface area contributed by atoms with Crippen LogP contribution in [0.5, 0.6) is 0 Å². The SMILES string of the molecule is c1ccc(-c2nc3cc(-n4c5ccccc5c5c6c7ccccc7n(-c7ccc(N(c8ccccc8)c8ccccc8)cc7)c6ccc54)ccc3n2-c2ccccc2)cc1. The van der Waals surface area contributed by atoms with E-state index in [2.05, 4.69) is 243 Å². The van der Waals surface area contributed by atoms with Crippen molar-refractivity contribution in [3.05, 3.63) is 224 Å². The molecule has 0 radical (unpaired) electrons. The fourth-order valence-electron chi connectivity index (χ4n) is 9.25. The monoisotopic (exact) mass is 767 g/mol. The molecule has 282 valence electrons. The highest BCUT2D eigenvalue weighted by Gasteiger charge is 2.22. The number of anilines is 3. The van der Waals surface area contributed by atoms with Crippen molar-refractivity contribution in [3.8, 4) is 28.5 Å². The van der Waals surface area contributed by atoms with Crippen molar-refractivity contribution in [3.63, 3.8) is 0 Å². The van der Waals surface area contributed by atoms with Crippen LogP contribution in [0.25, 0.3) is 83.1 Å². The maximum atomic E-state index is 5.31. The van der Waals surface area contributed by atoms with Crippen molar-refractivity contribution >= 4 is 71.7 Å². The molecule has 60 heavy (non-hydrogen) atoms. The molecule has 0 aliphatic carbocycles. The molecule has 5 nitrogen and oxygen atoms in total. The van der Waals surface area contributed by atoms with Gasteiger partial charge in [-0.2, -0.15) is 0 Å². The molecule has 3 heterocycles. The average Bonchev–Trinajstić information content (AvgIpc) is 3.98. The van der Waals surface area contributed by atoms with Crippen molar-refractivity contribution in [2.45, 2.75) is 0 Å². The van der Waals surface area contributed by atoms with Crippen LogP contribution in [0.2, 0.25) is 0 Å². The first kappa shape index (κ1) is 33.9. The summed E-state index contributed by atoms with van der Waals surface area (Å²) in [6, 6.07) is 80.0. The van der Waals surface area contributed by atoms with E-state index in [4.69, 9.17) is 4.98 Å². The van der Waals surface area contributed by atoms with Crippen LogP contribution in [-0.4, -0.2) is 18.7 Å². The lowest BCUT2D eigenvalue weighted by Crippen LogP contribution is -2.09. The van der Waals surface area contributed by atoms with Gasteiger partial charge in [-0.1, -0.05) is 121 Å². The number of imidazole rings is 1. The summed E-state index contributed by atoms with van der Waals surface area (Å²) in [4.78, 5) is 7.62. The molecule has 0 fully saturated rings. The van der Waals surface area contributed by atoms with E-state index < -0.39 is 0 Å². The van der Waals surface area contributed by atoms with Crippen LogP contribution in [0.3, 0.4) is 0 Å². The normalized spacial score (nSPS) is 11.7. The maximum Gasteiger partial charge on any atom is 0.145 e. The summed E-state index contributed by atoms with van der Waals surface area (Å²) < 4.78 is 7.10. The van der Waals surface area contributed by atoms with Gasteiger partial charge >= 0.3 is 0 Å². The molecule has 0 spiro atoms. The highest BCUT2D eigenvalue weighted by Crippen LogP contribution is 2.43. The predicted molar refractivity (Wildman–Crippen MR) is 250 cm³/mol. The molecule has 0 bridgehead atoms. The third kappa shape index (κ3) is 5.30. The Balaban J connectivity index is 1.05. The Morgan fingerprint density at radius 2 is 0.750 bits per heavy atom. The minimum Gasteiger partial charge on any atom is -0.311 e. The van der Waals surface area contributed by atoms with Crippen LogP contribution < -0.4 is 4.90 Å². The summed E-state index contributed by atoms with van der Waals surface area (Å²) in [7, 11) is 0. The maximum absolute atomic E-state index is 5.31. The Hall–Kier alpha value is -8.15. The van der Waals surface area contributed by atoms with E-state index >= 15 is 0 Å². The second kappa shape index (κ2) is 13.8. The van der Waals surface area contributed by atoms with Crippen LogP contribution >= 0.6 is 0 Å². The number of rotatable bonds is 7. The second-order valence-electron chi connectivity index (χ2n) is 15.2. The molecule has 0 aliphatic rings. The summed E-state index contributed by atoms with van der Waals surface area (Å²) in [5.41, 5.74) is 14.4. The van der Waals surface area contributed by atoms with Crippen LogP contribution in [0.15, 0.2) is 224 Å². The average molecular weight is 768 g/mol. The van der Waals surface area contributed by atoms with Crippen LogP contribution in [0.1, 0.15) is 0 Å². The Labute approximate surface area is 346 Å². The van der Waals surface area contributed by atoms with Gasteiger partial charge in [-0.25, -0.2) is 4.98 Å². The first-order valence-corrected chi connectivity index (χ1v) is 20.4. The predicted octanol–water partition coefficient (Wildman–Crippen LogP) is 14.4. The quantitative estimate of drug-likeness (QED) is 0.162. The molecular weight excluding hydrogens is 731 g/mol. The minimum absolute atomic E-state index is 0.923. The number of aromatic nitrogens is 4. The van der Waals surface area contributed by atoms with Gasteiger partial charge in [0.1, 0.15) is 5.82 Å². The first-order chi connectivity index (χ1) is 29.8.